The molecule has 0 spiro atoms. The second-order valence-corrected chi connectivity index (χ2v) is 11.2. The molecule has 8 heteroatoms. The third-order valence-corrected chi connectivity index (χ3v) is 8.77. The Morgan fingerprint density at radius 1 is 1.33 bits per heavy atom. The van der Waals surface area contributed by atoms with Gasteiger partial charge in [0.05, 0.1) is 0 Å². The molecule has 33 heavy (non-hydrogen) atoms. The molecule has 2 saturated heterocycles. The van der Waals surface area contributed by atoms with Crippen molar-refractivity contribution in [3.8, 4) is 0 Å². The Bertz CT molecular complexity index is 804. The second kappa shape index (κ2) is 9.74. The smallest absolute Gasteiger partial charge is 0.317 e. The molecule has 3 amide bonds. The van der Waals surface area contributed by atoms with Crippen molar-refractivity contribution in [3.05, 3.63) is 16.9 Å². The third kappa shape index (κ3) is 5.60. The highest BCUT2D eigenvalue weighted by atomic mass is 16.5. The van der Waals surface area contributed by atoms with E-state index in [1.54, 1.807) is 0 Å². The Labute approximate surface area is 198 Å². The van der Waals surface area contributed by atoms with E-state index in [1.807, 2.05) is 17.2 Å². The Morgan fingerprint density at radius 2 is 2.09 bits per heavy atom. The number of carbonyl (C=O) groups excluding carboxylic acids is 2. The number of hydrogen-bond acceptors (Lipinski definition) is 5. The van der Waals surface area contributed by atoms with Crippen LogP contribution in [0.3, 0.4) is 0 Å². The number of nitrogens with one attached hydrogen (secondary N) is 1. The lowest BCUT2D eigenvalue weighted by Crippen LogP contribution is -2.40. The average Bonchev–Trinajstić information content (AvgIpc) is 3.33. The lowest BCUT2D eigenvalue weighted by Gasteiger charge is -2.40. The molecule has 1 aliphatic carbocycles. The number of carbonyl (C=O) groups is 2. The maximum absolute atomic E-state index is 12.7. The summed E-state index contributed by atoms with van der Waals surface area (Å²) in [5, 5.41) is 16.4. The van der Waals surface area contributed by atoms with Crippen LogP contribution in [-0.2, 0) is 4.79 Å². The quantitative estimate of drug-likeness (QED) is 0.566. The van der Waals surface area contributed by atoms with E-state index in [9.17, 15) is 14.8 Å². The Morgan fingerprint density at radius 3 is 2.79 bits per heavy atom. The van der Waals surface area contributed by atoms with Gasteiger partial charge in [-0.1, -0.05) is 20.3 Å². The Balaban J connectivity index is 1.18. The predicted molar refractivity (Wildman–Crippen MR) is 130 cm³/mol. The van der Waals surface area contributed by atoms with Gasteiger partial charge in [0.2, 0.25) is 5.91 Å². The number of hydrogen-bond donors (Lipinski definition) is 1. The number of rotatable bonds is 8. The monoisotopic (exact) mass is 458 g/mol. The van der Waals surface area contributed by atoms with Crippen molar-refractivity contribution in [2.24, 2.45) is 27.7 Å². The van der Waals surface area contributed by atoms with Crippen molar-refractivity contribution in [2.75, 3.05) is 52.9 Å². The molecule has 1 saturated carbocycles. The normalized spacial score (nSPS) is 30.5. The molecular weight excluding hydrogens is 418 g/mol. The Hall–Kier alpha value is -1.93. The molecule has 0 aromatic carbocycles. The van der Waals surface area contributed by atoms with Gasteiger partial charge < -0.3 is 25.4 Å². The van der Waals surface area contributed by atoms with E-state index in [0.29, 0.717) is 36.4 Å². The first kappa shape index (κ1) is 24.2. The number of likely N-dealkylation sites (tertiary alicyclic amines) is 2. The summed E-state index contributed by atoms with van der Waals surface area (Å²) in [6.45, 7) is 9.36. The zero-order chi connectivity index (χ0) is 23.6. The highest BCUT2D eigenvalue weighted by molar-refractivity contribution is 5.78. The number of dihydropyridines is 1. The number of amides is 3. The van der Waals surface area contributed by atoms with Gasteiger partial charge in [-0.15, -0.1) is 0 Å². The summed E-state index contributed by atoms with van der Waals surface area (Å²) in [5.41, 5.74) is 1.31. The van der Waals surface area contributed by atoms with Crippen molar-refractivity contribution in [3.63, 3.8) is 0 Å². The standard InChI is InChI=1S/C25H40N5O3/c1-4-25(8-12-30(33)22(31)14-24(2)6-10-28(3)11-7-24)13-21(25)16-27-23(32)29-17-19-5-9-26-15-20(19)18-29/h5,9,20-21H,4,6-8,10-18H2,1-3H3,(H,27,32)/q-1. The molecule has 3 atom stereocenters. The molecule has 0 radical (unpaired) electrons. The van der Waals surface area contributed by atoms with Gasteiger partial charge in [-0.25, -0.2) is 4.79 Å². The fraction of sp³-hybridized carbons (Fsp3) is 0.800. The van der Waals surface area contributed by atoms with E-state index < -0.39 is 0 Å². The number of hydroxylamine groups is 2. The second-order valence-electron chi connectivity index (χ2n) is 11.2. The van der Waals surface area contributed by atoms with Gasteiger partial charge in [-0.3, -0.25) is 9.79 Å². The highest BCUT2D eigenvalue weighted by Crippen LogP contribution is 2.57. The van der Waals surface area contributed by atoms with Crippen molar-refractivity contribution in [2.45, 2.75) is 52.4 Å². The number of fused-ring (bicyclic) bond motifs is 1. The molecule has 3 aliphatic heterocycles. The van der Waals surface area contributed by atoms with E-state index in [4.69, 9.17) is 0 Å². The summed E-state index contributed by atoms with van der Waals surface area (Å²) in [7, 11) is 2.10. The van der Waals surface area contributed by atoms with Crippen molar-refractivity contribution >= 4 is 18.2 Å². The molecule has 3 unspecified atom stereocenters. The molecule has 4 rings (SSSR count). The summed E-state index contributed by atoms with van der Waals surface area (Å²) in [6.07, 6.45) is 8.85. The fourth-order valence-corrected chi connectivity index (χ4v) is 5.85. The van der Waals surface area contributed by atoms with Crippen molar-refractivity contribution < 1.29 is 9.59 Å². The van der Waals surface area contributed by atoms with Gasteiger partial charge in [0.25, 0.3) is 0 Å². The molecule has 3 fully saturated rings. The summed E-state index contributed by atoms with van der Waals surface area (Å²) in [5.74, 6) is 0.482. The number of allylic oxidation sites excluding steroid dienone is 1. The maximum Gasteiger partial charge on any atom is 0.317 e. The van der Waals surface area contributed by atoms with Crippen LogP contribution in [-0.4, -0.2) is 85.9 Å². The first-order valence-corrected chi connectivity index (χ1v) is 12.6. The molecule has 0 aromatic rings. The lowest BCUT2D eigenvalue weighted by atomic mass is 9.77. The van der Waals surface area contributed by atoms with Crippen LogP contribution in [0.4, 0.5) is 4.79 Å². The van der Waals surface area contributed by atoms with Crippen LogP contribution in [0.5, 0.6) is 0 Å². The van der Waals surface area contributed by atoms with Crippen LogP contribution < -0.4 is 5.32 Å². The third-order valence-electron chi connectivity index (χ3n) is 8.77. The van der Waals surface area contributed by atoms with Crippen LogP contribution in [0, 0.1) is 27.9 Å². The van der Waals surface area contributed by atoms with Gasteiger partial charge in [0.1, 0.15) is 0 Å². The minimum Gasteiger partial charge on any atom is -0.756 e. The SMILES string of the molecule is CCC1(CCN([O-])C(=O)CC2(C)CCN(C)CC2)CC1CNC(=O)N1CC2=CC=NCC2C1. The molecule has 3 heterocycles. The van der Waals surface area contributed by atoms with Crippen LogP contribution in [0.1, 0.15) is 52.4 Å². The molecule has 184 valence electrons. The van der Waals surface area contributed by atoms with Gasteiger partial charge in [-0.05, 0) is 74.2 Å². The number of aliphatic imine (C=N–C) groups is 1. The molecule has 4 aliphatic rings. The summed E-state index contributed by atoms with van der Waals surface area (Å²) < 4.78 is 0. The van der Waals surface area contributed by atoms with E-state index >= 15 is 0 Å². The van der Waals surface area contributed by atoms with Crippen molar-refractivity contribution in [1.29, 1.82) is 0 Å². The average molecular weight is 459 g/mol. The Kier molecular flexibility index (Phi) is 7.15. The minimum absolute atomic E-state index is 0.00537. The van der Waals surface area contributed by atoms with Crippen molar-refractivity contribution in [1.82, 2.24) is 20.2 Å². The van der Waals surface area contributed by atoms with Crippen LogP contribution in [0.15, 0.2) is 16.6 Å². The van der Waals surface area contributed by atoms with Gasteiger partial charge in [0, 0.05) is 51.3 Å². The molecular formula is C25H40N5O3-. The van der Waals surface area contributed by atoms with Gasteiger partial charge in [-0.2, -0.15) is 0 Å². The van der Waals surface area contributed by atoms with Crippen LogP contribution in [0.25, 0.3) is 0 Å². The van der Waals surface area contributed by atoms with E-state index in [-0.39, 0.29) is 29.3 Å². The van der Waals surface area contributed by atoms with E-state index in [2.05, 4.69) is 36.1 Å². The van der Waals surface area contributed by atoms with E-state index in [1.165, 1.54) is 5.57 Å². The van der Waals surface area contributed by atoms with Gasteiger partial charge >= 0.3 is 6.03 Å². The number of piperidine rings is 1. The van der Waals surface area contributed by atoms with Crippen LogP contribution >= 0.6 is 0 Å². The molecule has 8 nitrogen and oxygen atoms in total. The minimum atomic E-state index is -0.271. The fourth-order valence-electron chi connectivity index (χ4n) is 5.85. The molecule has 0 aromatic heterocycles. The zero-order valence-corrected chi connectivity index (χ0v) is 20.5. The topological polar surface area (TPSA) is 91.3 Å². The molecule has 1 N–H and O–H groups in total. The van der Waals surface area contributed by atoms with Crippen LogP contribution in [0.2, 0.25) is 0 Å². The predicted octanol–water partition coefficient (Wildman–Crippen LogP) is 2.89. The number of urea groups is 1. The molecule has 0 bridgehead atoms. The maximum atomic E-state index is 12.7. The summed E-state index contributed by atoms with van der Waals surface area (Å²) in [4.78, 5) is 33.7. The summed E-state index contributed by atoms with van der Waals surface area (Å²) >= 11 is 0. The lowest BCUT2D eigenvalue weighted by molar-refractivity contribution is -0.131. The summed E-state index contributed by atoms with van der Waals surface area (Å²) in [6, 6.07) is -0.00537. The van der Waals surface area contributed by atoms with Gasteiger partial charge in [0.15, 0.2) is 0 Å². The highest BCUT2D eigenvalue weighted by Gasteiger charge is 2.51. The van der Waals surface area contributed by atoms with E-state index in [0.717, 1.165) is 58.3 Å². The first-order valence-electron chi connectivity index (χ1n) is 12.6. The largest absolute Gasteiger partial charge is 0.756 e. The first-order chi connectivity index (χ1) is 15.7. The zero-order valence-electron chi connectivity index (χ0n) is 20.5. The number of nitrogens with zero attached hydrogens (tertiary/aromatic N) is 4.